The Morgan fingerprint density at radius 1 is 0.964 bits per heavy atom. The van der Waals surface area contributed by atoms with E-state index in [1.54, 1.807) is 11.1 Å². The summed E-state index contributed by atoms with van der Waals surface area (Å²) in [4.78, 5) is 0. The van der Waals surface area contributed by atoms with Crippen LogP contribution in [0.25, 0.3) is 0 Å². The number of rotatable bonds is 5. The first kappa shape index (κ1) is 20.7. The minimum Gasteiger partial charge on any atom is -0.393 e. The van der Waals surface area contributed by atoms with Gasteiger partial charge in [-0.2, -0.15) is 0 Å². The van der Waals surface area contributed by atoms with E-state index in [1.807, 2.05) is 0 Å². The first-order chi connectivity index (χ1) is 13.3. The molecule has 28 heavy (non-hydrogen) atoms. The zero-order valence-electron chi connectivity index (χ0n) is 19.1. The Bertz CT molecular complexity index is 643. The molecule has 4 rings (SSSR count). The summed E-state index contributed by atoms with van der Waals surface area (Å²) >= 11 is 0. The molecule has 0 aromatic carbocycles. The highest BCUT2D eigenvalue weighted by Gasteiger charge is 2.56. The van der Waals surface area contributed by atoms with Crippen molar-refractivity contribution in [1.82, 2.24) is 0 Å². The molecule has 4 aliphatic rings. The predicted molar refractivity (Wildman–Crippen MR) is 119 cm³/mol. The Balaban J connectivity index is 1.53. The van der Waals surface area contributed by atoms with Crippen molar-refractivity contribution in [2.24, 2.45) is 40.4 Å². The molecule has 0 saturated heterocycles. The lowest BCUT2D eigenvalue weighted by Gasteiger charge is -2.55. The summed E-state index contributed by atoms with van der Waals surface area (Å²) in [5, 5.41) is 10.2. The molecule has 0 spiro atoms. The van der Waals surface area contributed by atoms with Crippen molar-refractivity contribution >= 4 is 0 Å². The Labute approximate surface area is 174 Å². The molecule has 0 amide bonds. The van der Waals surface area contributed by atoms with Crippen LogP contribution in [-0.4, -0.2) is 11.2 Å². The van der Waals surface area contributed by atoms with Crippen LogP contribution in [0.15, 0.2) is 23.3 Å². The Morgan fingerprint density at radius 2 is 1.75 bits per heavy atom. The lowest BCUT2D eigenvalue weighted by atomic mass is 9.50. The van der Waals surface area contributed by atoms with E-state index in [4.69, 9.17) is 0 Å². The van der Waals surface area contributed by atoms with Crippen LogP contribution < -0.4 is 0 Å². The number of hydrogen-bond donors (Lipinski definition) is 1. The molecule has 3 fully saturated rings. The van der Waals surface area contributed by atoms with Crippen molar-refractivity contribution in [1.29, 1.82) is 0 Å². The van der Waals surface area contributed by atoms with Gasteiger partial charge in [-0.1, -0.05) is 77.2 Å². The van der Waals surface area contributed by atoms with Crippen LogP contribution >= 0.6 is 0 Å². The maximum atomic E-state index is 10.2. The van der Waals surface area contributed by atoms with E-state index in [-0.39, 0.29) is 6.10 Å². The first-order valence-electron chi connectivity index (χ1n) is 12.3. The van der Waals surface area contributed by atoms with E-state index in [1.165, 1.54) is 51.4 Å². The lowest BCUT2D eigenvalue weighted by Crippen LogP contribution is -2.46. The van der Waals surface area contributed by atoms with Gasteiger partial charge in [-0.15, -0.1) is 0 Å². The van der Waals surface area contributed by atoms with Crippen LogP contribution in [-0.2, 0) is 0 Å². The molecule has 0 aromatic rings. The zero-order valence-corrected chi connectivity index (χ0v) is 19.1. The van der Waals surface area contributed by atoms with Gasteiger partial charge in [-0.3, -0.25) is 0 Å². The molecule has 1 nitrogen and oxygen atoms in total. The fourth-order valence-corrected chi connectivity index (χ4v) is 8.01. The maximum absolute atomic E-state index is 10.2. The third kappa shape index (κ3) is 3.34. The molecule has 0 aromatic heterocycles. The van der Waals surface area contributed by atoms with Crippen LogP contribution in [0.4, 0.5) is 0 Å². The van der Waals surface area contributed by atoms with Crippen molar-refractivity contribution in [3.8, 4) is 0 Å². The van der Waals surface area contributed by atoms with Crippen molar-refractivity contribution in [3.63, 3.8) is 0 Å². The van der Waals surface area contributed by atoms with Gasteiger partial charge in [0.15, 0.2) is 0 Å². The van der Waals surface area contributed by atoms with Crippen LogP contribution in [0.1, 0.15) is 98.8 Å². The van der Waals surface area contributed by atoms with Gasteiger partial charge in [-0.25, -0.2) is 0 Å². The van der Waals surface area contributed by atoms with Gasteiger partial charge in [0.1, 0.15) is 0 Å². The molecule has 0 bridgehead atoms. The van der Waals surface area contributed by atoms with E-state index < -0.39 is 0 Å². The molecule has 0 heterocycles. The second kappa shape index (κ2) is 7.60. The zero-order chi connectivity index (χ0) is 20.1. The van der Waals surface area contributed by atoms with Gasteiger partial charge in [-0.05, 0) is 85.4 Å². The normalized spacial score (nSPS) is 43.7. The van der Waals surface area contributed by atoms with E-state index in [2.05, 4.69) is 46.8 Å². The second-order valence-corrected chi connectivity index (χ2v) is 11.8. The van der Waals surface area contributed by atoms with Crippen LogP contribution in [0.3, 0.4) is 0 Å². The topological polar surface area (TPSA) is 20.2 Å². The highest BCUT2D eigenvalue weighted by Crippen LogP contribution is 2.66. The summed E-state index contributed by atoms with van der Waals surface area (Å²) in [5.74, 6) is 4.19. The molecule has 4 aliphatic carbocycles. The monoisotopic (exact) mass is 384 g/mol. The van der Waals surface area contributed by atoms with Crippen molar-refractivity contribution < 1.29 is 5.11 Å². The summed E-state index contributed by atoms with van der Waals surface area (Å²) < 4.78 is 0. The molecule has 158 valence electrons. The van der Waals surface area contributed by atoms with Crippen molar-refractivity contribution in [2.45, 2.75) is 105 Å². The largest absolute Gasteiger partial charge is 0.393 e. The van der Waals surface area contributed by atoms with E-state index in [0.29, 0.717) is 10.8 Å². The summed E-state index contributed by atoms with van der Waals surface area (Å²) in [5.41, 5.74) is 4.19. The average Bonchev–Trinajstić information content (AvgIpc) is 2.99. The molecule has 0 aliphatic heterocycles. The van der Waals surface area contributed by atoms with Gasteiger partial charge in [0.2, 0.25) is 0 Å². The molecule has 7 atom stereocenters. The van der Waals surface area contributed by atoms with Crippen LogP contribution in [0.2, 0.25) is 0 Å². The molecule has 3 saturated carbocycles. The van der Waals surface area contributed by atoms with Crippen molar-refractivity contribution in [2.75, 3.05) is 0 Å². The van der Waals surface area contributed by atoms with Gasteiger partial charge in [0.05, 0.1) is 6.10 Å². The van der Waals surface area contributed by atoms with Crippen molar-refractivity contribution in [3.05, 3.63) is 23.3 Å². The summed E-state index contributed by atoms with van der Waals surface area (Å²) in [6.45, 7) is 12.5. The molecular formula is C27H44O. The first-order valence-corrected chi connectivity index (χ1v) is 12.3. The fourth-order valence-electron chi connectivity index (χ4n) is 8.01. The third-order valence-electron chi connectivity index (χ3n) is 9.75. The molecule has 2 unspecified atom stereocenters. The maximum Gasteiger partial charge on any atom is 0.0578 e. The van der Waals surface area contributed by atoms with E-state index >= 15 is 0 Å². The van der Waals surface area contributed by atoms with Crippen LogP contribution in [0, 0.1) is 40.4 Å². The average molecular weight is 385 g/mol. The number of allylic oxidation sites excluding steroid dienone is 3. The highest BCUT2D eigenvalue weighted by molar-refractivity contribution is 5.38. The molecule has 0 radical (unpaired) electrons. The van der Waals surface area contributed by atoms with Gasteiger partial charge in [0.25, 0.3) is 0 Å². The predicted octanol–water partition coefficient (Wildman–Crippen LogP) is 7.31. The number of hydrogen-bond acceptors (Lipinski definition) is 1. The van der Waals surface area contributed by atoms with Crippen LogP contribution in [0.5, 0.6) is 0 Å². The van der Waals surface area contributed by atoms with Gasteiger partial charge < -0.3 is 5.11 Å². The minimum atomic E-state index is -0.106. The Morgan fingerprint density at radius 3 is 2.50 bits per heavy atom. The highest BCUT2D eigenvalue weighted by atomic mass is 16.3. The fraction of sp³-hybridized carbons (Fsp3) is 0.852. The standard InChI is InChI=1S/C27H44O/c1-18(2)7-6-8-19(3)23-11-12-24-22-10-9-20-17-21(28)13-15-26(20,4)25(22)14-16-27(23,24)5/h9-10,18-19,21,23-25,28H,6-8,11-17H2,1-5H3/t19?,21?,23-,24+,25+,26+,27-/m1/s1. The Kier molecular flexibility index (Phi) is 5.62. The summed E-state index contributed by atoms with van der Waals surface area (Å²) in [6, 6.07) is 0. The number of aliphatic hydroxyl groups excluding tert-OH is 1. The number of aliphatic hydroxyl groups is 1. The molecule has 1 N–H and O–H groups in total. The molecule has 1 heteroatoms. The SMILES string of the molecule is CC(C)CCCC(C)[C@H]1CC[C@H]2C3=CC=C4CC(O)CC[C@]4(C)[C@H]3CC[C@]12C. The smallest absolute Gasteiger partial charge is 0.0578 e. The van der Waals surface area contributed by atoms with Gasteiger partial charge in [0, 0.05) is 0 Å². The minimum absolute atomic E-state index is 0.106. The summed E-state index contributed by atoms with van der Waals surface area (Å²) in [6.07, 6.45) is 17.8. The Hall–Kier alpha value is -0.560. The lowest BCUT2D eigenvalue weighted by molar-refractivity contribution is 0.0323. The second-order valence-electron chi connectivity index (χ2n) is 11.8. The van der Waals surface area contributed by atoms with E-state index in [0.717, 1.165) is 42.4 Å². The van der Waals surface area contributed by atoms with E-state index in [9.17, 15) is 5.11 Å². The summed E-state index contributed by atoms with van der Waals surface area (Å²) in [7, 11) is 0. The number of fused-ring (bicyclic) bond motifs is 5. The quantitative estimate of drug-likeness (QED) is 0.527. The third-order valence-corrected chi connectivity index (χ3v) is 9.75. The van der Waals surface area contributed by atoms with Gasteiger partial charge >= 0.3 is 0 Å². The molecular weight excluding hydrogens is 340 g/mol.